The van der Waals surface area contributed by atoms with E-state index in [9.17, 15) is 9.90 Å². The van der Waals surface area contributed by atoms with Gasteiger partial charge in [0.1, 0.15) is 5.75 Å². The van der Waals surface area contributed by atoms with Crippen LogP contribution in [-0.4, -0.2) is 24.0 Å². The Kier molecular flexibility index (Phi) is 5.85. The summed E-state index contributed by atoms with van der Waals surface area (Å²) in [5, 5.41) is 21.2. The van der Waals surface area contributed by atoms with Gasteiger partial charge in [0.2, 0.25) is 11.6 Å². The van der Waals surface area contributed by atoms with Crippen molar-refractivity contribution >= 4 is 34.1 Å². The molecule has 7 nitrogen and oxygen atoms in total. The maximum atomic E-state index is 12.3. The molecule has 0 spiro atoms. The van der Waals surface area contributed by atoms with E-state index in [4.69, 9.17) is 9.26 Å². The predicted octanol–water partition coefficient (Wildman–Crippen LogP) is 3.31. The molecule has 8 heteroatoms. The van der Waals surface area contributed by atoms with E-state index >= 15 is 0 Å². The number of thioether (sulfide) groups is 1. The van der Waals surface area contributed by atoms with Gasteiger partial charge in [0.15, 0.2) is 5.95 Å². The van der Waals surface area contributed by atoms with Gasteiger partial charge in [-0.15, -0.1) is 0 Å². The summed E-state index contributed by atoms with van der Waals surface area (Å²) >= 11 is 1.23. The number of carbonyl (C=O) groups excluding carboxylic acids is 1. The second-order valence-corrected chi connectivity index (χ2v) is 7.57. The SMILES string of the molecule is COc1ccc(-[n+]2noc([O-])c2SCCC(=O)Nc2ccc3ccccc3c2)cc1. The maximum absolute atomic E-state index is 12.3. The highest BCUT2D eigenvalue weighted by Crippen LogP contribution is 2.25. The van der Waals surface area contributed by atoms with Crippen LogP contribution >= 0.6 is 11.8 Å². The van der Waals surface area contributed by atoms with E-state index in [-0.39, 0.29) is 12.3 Å². The molecule has 1 amide bonds. The molecule has 30 heavy (non-hydrogen) atoms. The molecule has 1 heterocycles. The number of nitrogens with zero attached hydrogens (tertiary/aromatic N) is 2. The average Bonchev–Trinajstić information content (AvgIpc) is 3.14. The highest BCUT2D eigenvalue weighted by atomic mass is 32.2. The number of aromatic nitrogens is 2. The summed E-state index contributed by atoms with van der Waals surface area (Å²) in [4.78, 5) is 12.3. The van der Waals surface area contributed by atoms with E-state index in [1.807, 2.05) is 42.5 Å². The Morgan fingerprint density at radius 1 is 1.13 bits per heavy atom. The third kappa shape index (κ3) is 4.38. The summed E-state index contributed by atoms with van der Waals surface area (Å²) in [5.41, 5.74) is 1.41. The summed E-state index contributed by atoms with van der Waals surface area (Å²) < 4.78 is 11.4. The molecular formula is C22H19N3O4S. The van der Waals surface area contributed by atoms with Crippen LogP contribution in [0.1, 0.15) is 6.42 Å². The van der Waals surface area contributed by atoms with Crippen molar-refractivity contribution in [1.82, 2.24) is 5.27 Å². The van der Waals surface area contributed by atoms with E-state index in [2.05, 4.69) is 10.6 Å². The van der Waals surface area contributed by atoms with Crippen LogP contribution in [-0.2, 0) is 4.79 Å². The lowest BCUT2D eigenvalue weighted by Crippen LogP contribution is -2.34. The Morgan fingerprint density at radius 3 is 2.67 bits per heavy atom. The number of ether oxygens (including phenoxy) is 1. The topological polar surface area (TPSA) is 91.3 Å². The molecule has 4 aromatic rings. The van der Waals surface area contributed by atoms with Crippen molar-refractivity contribution in [2.75, 3.05) is 18.2 Å². The first-order chi connectivity index (χ1) is 14.6. The molecular weight excluding hydrogens is 402 g/mol. The van der Waals surface area contributed by atoms with Crippen molar-refractivity contribution in [2.24, 2.45) is 0 Å². The Labute approximate surface area is 177 Å². The first-order valence-electron chi connectivity index (χ1n) is 9.29. The number of benzene rings is 3. The van der Waals surface area contributed by atoms with E-state index in [0.717, 1.165) is 16.5 Å². The molecule has 0 unspecified atom stereocenters. The molecule has 0 saturated heterocycles. The minimum absolute atomic E-state index is 0.127. The number of nitrogens with one attached hydrogen (secondary N) is 1. The molecule has 0 saturated carbocycles. The van der Waals surface area contributed by atoms with Gasteiger partial charge in [0.25, 0.3) is 5.03 Å². The molecule has 0 aliphatic rings. The molecule has 152 valence electrons. The summed E-state index contributed by atoms with van der Waals surface area (Å²) in [6.07, 6.45) is 0.241. The fourth-order valence-corrected chi connectivity index (χ4v) is 3.88. The standard InChI is InChI=1S/C22H19N3O4S/c1-28-19-10-8-18(9-11-19)25-21(22(27)29-24-25)30-13-12-20(26)23-17-7-6-15-4-2-3-5-16(15)14-17/h2-11,14H,12-13H2,1H3,(H-,23,24,26,27). The summed E-state index contributed by atoms with van der Waals surface area (Å²) in [6.45, 7) is 0. The minimum Gasteiger partial charge on any atom is -0.538 e. The Balaban J connectivity index is 1.37. The van der Waals surface area contributed by atoms with Gasteiger partial charge in [-0.05, 0) is 39.7 Å². The van der Waals surface area contributed by atoms with Gasteiger partial charge in [-0.25, -0.2) is 0 Å². The Bertz CT molecular complexity index is 1170. The highest BCUT2D eigenvalue weighted by molar-refractivity contribution is 7.99. The monoisotopic (exact) mass is 421 g/mol. The smallest absolute Gasteiger partial charge is 0.297 e. The highest BCUT2D eigenvalue weighted by Gasteiger charge is 2.21. The molecule has 4 rings (SSSR count). The molecule has 0 fully saturated rings. The number of amides is 1. The van der Waals surface area contributed by atoms with Gasteiger partial charge in [0.05, 0.1) is 12.4 Å². The van der Waals surface area contributed by atoms with Gasteiger partial charge in [-0.3, -0.25) is 4.79 Å². The van der Waals surface area contributed by atoms with Crippen molar-refractivity contribution in [3.8, 4) is 17.4 Å². The number of methoxy groups -OCH3 is 1. The third-order valence-electron chi connectivity index (χ3n) is 4.49. The lowest BCUT2D eigenvalue weighted by molar-refractivity contribution is -0.705. The maximum Gasteiger partial charge on any atom is 0.297 e. The number of anilines is 1. The zero-order valence-corrected chi connectivity index (χ0v) is 17.0. The van der Waals surface area contributed by atoms with E-state index in [1.165, 1.54) is 16.4 Å². The minimum atomic E-state index is -0.536. The van der Waals surface area contributed by atoms with Crippen LogP contribution in [0.15, 0.2) is 76.3 Å². The lowest BCUT2D eigenvalue weighted by Gasteiger charge is -2.06. The van der Waals surface area contributed by atoms with Crippen LogP contribution in [0.5, 0.6) is 11.7 Å². The zero-order chi connectivity index (χ0) is 20.9. The van der Waals surface area contributed by atoms with Crippen LogP contribution < -0.4 is 19.8 Å². The molecule has 1 N–H and O–H groups in total. The average molecular weight is 421 g/mol. The molecule has 0 bridgehead atoms. The van der Waals surface area contributed by atoms with Crippen LogP contribution in [0.3, 0.4) is 0 Å². The van der Waals surface area contributed by atoms with Gasteiger partial charge < -0.3 is 19.7 Å². The van der Waals surface area contributed by atoms with Crippen molar-refractivity contribution < 1.29 is 23.8 Å². The molecule has 0 aliphatic heterocycles. The fourth-order valence-electron chi connectivity index (χ4n) is 2.98. The Morgan fingerprint density at radius 2 is 1.90 bits per heavy atom. The van der Waals surface area contributed by atoms with Gasteiger partial charge >= 0.3 is 0 Å². The first kappa shape index (κ1) is 19.8. The third-order valence-corrected chi connectivity index (χ3v) is 5.51. The zero-order valence-electron chi connectivity index (χ0n) is 16.2. The van der Waals surface area contributed by atoms with Crippen LogP contribution in [0, 0.1) is 0 Å². The van der Waals surface area contributed by atoms with Crippen molar-refractivity contribution in [3.63, 3.8) is 0 Å². The summed E-state index contributed by atoms with van der Waals surface area (Å²) in [5.74, 6) is 0.444. The number of fused-ring (bicyclic) bond motifs is 1. The molecule has 0 atom stereocenters. The summed E-state index contributed by atoms with van der Waals surface area (Å²) in [7, 11) is 1.58. The largest absolute Gasteiger partial charge is 0.538 e. The fraction of sp³-hybridized carbons (Fsp3) is 0.136. The Hall–Kier alpha value is -3.52. The number of hydrogen-bond donors (Lipinski definition) is 1. The first-order valence-corrected chi connectivity index (χ1v) is 10.3. The van der Waals surface area contributed by atoms with E-state index < -0.39 is 5.95 Å². The molecule has 0 aliphatic carbocycles. The normalized spacial score (nSPS) is 10.8. The molecule has 1 aromatic heterocycles. The van der Waals surface area contributed by atoms with Gasteiger partial charge in [0, 0.05) is 30.0 Å². The van der Waals surface area contributed by atoms with Crippen LogP contribution in [0.4, 0.5) is 5.69 Å². The number of rotatable bonds is 7. The van der Waals surface area contributed by atoms with Gasteiger partial charge in [-0.1, -0.05) is 42.1 Å². The van der Waals surface area contributed by atoms with Crippen molar-refractivity contribution in [3.05, 3.63) is 66.7 Å². The van der Waals surface area contributed by atoms with Gasteiger partial charge in [-0.2, -0.15) is 0 Å². The number of carbonyl (C=O) groups is 1. The molecule has 0 radical (unpaired) electrons. The second-order valence-electron chi connectivity index (χ2n) is 6.48. The molecule has 3 aromatic carbocycles. The lowest BCUT2D eigenvalue weighted by atomic mass is 10.1. The second kappa shape index (κ2) is 8.87. The van der Waals surface area contributed by atoms with Crippen molar-refractivity contribution in [2.45, 2.75) is 11.4 Å². The summed E-state index contributed by atoms with van der Waals surface area (Å²) in [6, 6.07) is 20.8. The van der Waals surface area contributed by atoms with E-state index in [0.29, 0.717) is 22.2 Å². The predicted molar refractivity (Wildman–Crippen MR) is 112 cm³/mol. The van der Waals surface area contributed by atoms with Crippen LogP contribution in [0.25, 0.3) is 16.5 Å². The number of hydrogen-bond acceptors (Lipinski definition) is 6. The van der Waals surface area contributed by atoms with Crippen molar-refractivity contribution in [1.29, 1.82) is 0 Å². The van der Waals surface area contributed by atoms with Crippen LogP contribution in [0.2, 0.25) is 0 Å². The quantitative estimate of drug-likeness (QED) is 0.364. The van der Waals surface area contributed by atoms with E-state index in [1.54, 1.807) is 31.4 Å².